The molecular weight excluding hydrogens is 314 g/mol. The van der Waals surface area contributed by atoms with Crippen molar-refractivity contribution in [3.63, 3.8) is 0 Å². The minimum absolute atomic E-state index is 0.0879. The van der Waals surface area contributed by atoms with Crippen LogP contribution in [0.15, 0.2) is 16.3 Å². The van der Waals surface area contributed by atoms with Gasteiger partial charge in [0.05, 0.1) is 5.75 Å². The first-order valence-electron chi connectivity index (χ1n) is 5.01. The summed E-state index contributed by atoms with van der Waals surface area (Å²) in [6.07, 6.45) is 1.02. The van der Waals surface area contributed by atoms with Crippen LogP contribution < -0.4 is 0 Å². The Kier molecular flexibility index (Phi) is 4.72. The normalized spacial score (nSPS) is 12.8. The summed E-state index contributed by atoms with van der Waals surface area (Å²) in [5.74, 6) is -1.50. The lowest BCUT2D eigenvalue weighted by atomic mass is 10.5. The van der Waals surface area contributed by atoms with E-state index >= 15 is 0 Å². The average Bonchev–Trinajstić information content (AvgIpc) is 2.74. The maximum Gasteiger partial charge on any atom is 0.345 e. The molecule has 19 heavy (non-hydrogen) atoms. The predicted octanol–water partition coefficient (Wildman–Crippen LogP) is 0.111. The quantitative estimate of drug-likeness (QED) is 0.794. The van der Waals surface area contributed by atoms with Crippen molar-refractivity contribution in [3.8, 4) is 0 Å². The first-order valence-corrected chi connectivity index (χ1v) is 9.33. The van der Waals surface area contributed by atoms with E-state index < -0.39 is 25.8 Å². The molecule has 1 rings (SSSR count). The predicted molar refractivity (Wildman–Crippen MR) is 70.8 cm³/mol. The first-order chi connectivity index (χ1) is 8.54. The number of hydrogen-bond acceptors (Lipinski definition) is 6. The summed E-state index contributed by atoms with van der Waals surface area (Å²) in [6, 6.07) is 2.39. The number of carboxylic acids is 1. The smallest absolute Gasteiger partial charge is 0.345 e. The Hall–Kier alpha value is -0.970. The molecule has 10 heteroatoms. The minimum atomic E-state index is -3.85. The third kappa shape index (κ3) is 4.27. The van der Waals surface area contributed by atoms with Gasteiger partial charge in [0.15, 0.2) is 0 Å². The Morgan fingerprint density at radius 1 is 1.32 bits per heavy atom. The molecule has 1 aromatic heterocycles. The Labute approximate surface area is 115 Å². The highest BCUT2D eigenvalue weighted by Gasteiger charge is 2.24. The van der Waals surface area contributed by atoms with E-state index in [2.05, 4.69) is 0 Å². The number of rotatable bonds is 6. The van der Waals surface area contributed by atoms with Crippen LogP contribution >= 0.6 is 11.3 Å². The molecule has 0 saturated heterocycles. The lowest BCUT2D eigenvalue weighted by Gasteiger charge is -2.15. The molecule has 0 bridgehead atoms. The Morgan fingerprint density at radius 3 is 2.32 bits per heavy atom. The highest BCUT2D eigenvalue weighted by atomic mass is 32.2. The van der Waals surface area contributed by atoms with Gasteiger partial charge in [-0.1, -0.05) is 0 Å². The van der Waals surface area contributed by atoms with Gasteiger partial charge < -0.3 is 5.11 Å². The van der Waals surface area contributed by atoms with Gasteiger partial charge in [0.25, 0.3) is 10.0 Å². The van der Waals surface area contributed by atoms with E-state index in [0.717, 1.165) is 10.6 Å². The van der Waals surface area contributed by atoms with E-state index in [-0.39, 0.29) is 21.4 Å². The highest BCUT2D eigenvalue weighted by Crippen LogP contribution is 2.24. The number of thiophene rings is 1. The number of carboxylic acid groups (broad SMARTS) is 1. The molecule has 0 saturated carbocycles. The van der Waals surface area contributed by atoms with Crippen LogP contribution in [0, 0.1) is 0 Å². The molecule has 0 radical (unpaired) electrons. The van der Waals surface area contributed by atoms with Crippen molar-refractivity contribution in [3.05, 3.63) is 17.0 Å². The lowest BCUT2D eigenvalue weighted by molar-refractivity contribution is 0.0702. The van der Waals surface area contributed by atoms with Crippen LogP contribution in [0.3, 0.4) is 0 Å². The van der Waals surface area contributed by atoms with Crippen molar-refractivity contribution in [2.45, 2.75) is 4.21 Å². The van der Waals surface area contributed by atoms with Crippen molar-refractivity contribution in [1.29, 1.82) is 0 Å². The molecule has 0 aliphatic carbocycles. The monoisotopic (exact) mass is 327 g/mol. The van der Waals surface area contributed by atoms with Crippen LogP contribution in [0.4, 0.5) is 0 Å². The number of sulfone groups is 1. The molecule has 7 nitrogen and oxygen atoms in total. The SMILES string of the molecule is CN(CCS(C)(=O)=O)S(=O)(=O)c1ccc(C(=O)O)s1. The van der Waals surface area contributed by atoms with E-state index in [1.165, 1.54) is 19.2 Å². The molecule has 0 unspecified atom stereocenters. The van der Waals surface area contributed by atoms with Crippen LogP contribution in [0.2, 0.25) is 0 Å². The molecule has 1 aromatic rings. The average molecular weight is 327 g/mol. The molecule has 0 fully saturated rings. The van der Waals surface area contributed by atoms with Crippen LogP contribution in [0.25, 0.3) is 0 Å². The van der Waals surface area contributed by atoms with Crippen LogP contribution in [0.5, 0.6) is 0 Å². The zero-order chi connectivity index (χ0) is 14.8. The second kappa shape index (κ2) is 5.57. The van der Waals surface area contributed by atoms with E-state index in [1.54, 1.807) is 0 Å². The summed E-state index contributed by atoms with van der Waals surface area (Å²) in [7, 11) is -5.87. The molecule has 108 valence electrons. The number of nitrogens with zero attached hydrogens (tertiary/aromatic N) is 1. The van der Waals surface area contributed by atoms with Crippen LogP contribution in [-0.4, -0.2) is 57.8 Å². The molecule has 1 heterocycles. The van der Waals surface area contributed by atoms with Gasteiger partial charge >= 0.3 is 5.97 Å². The summed E-state index contributed by atoms with van der Waals surface area (Å²) in [6.45, 7) is -0.179. The maximum absolute atomic E-state index is 12.0. The van der Waals surface area contributed by atoms with Crippen LogP contribution in [-0.2, 0) is 19.9 Å². The molecule has 0 amide bonds. The summed E-state index contributed by atoms with van der Waals surface area (Å²) < 4.78 is 46.8. The van der Waals surface area contributed by atoms with Crippen molar-refractivity contribution >= 4 is 37.2 Å². The maximum atomic E-state index is 12.0. The van der Waals surface area contributed by atoms with Crippen molar-refractivity contribution < 1.29 is 26.7 Å². The molecule has 0 aromatic carbocycles. The summed E-state index contributed by atoms with van der Waals surface area (Å²) >= 11 is 0.631. The lowest BCUT2D eigenvalue weighted by Crippen LogP contribution is -2.31. The van der Waals surface area contributed by atoms with E-state index in [9.17, 15) is 21.6 Å². The van der Waals surface area contributed by atoms with E-state index in [1.807, 2.05) is 0 Å². The van der Waals surface area contributed by atoms with Gasteiger partial charge in [-0.05, 0) is 12.1 Å². The van der Waals surface area contributed by atoms with Crippen molar-refractivity contribution in [1.82, 2.24) is 4.31 Å². The number of hydrogen-bond donors (Lipinski definition) is 1. The van der Waals surface area contributed by atoms with Gasteiger partial charge in [0.2, 0.25) is 0 Å². The third-order valence-electron chi connectivity index (χ3n) is 2.23. The van der Waals surface area contributed by atoms with Gasteiger partial charge in [-0.25, -0.2) is 21.6 Å². The summed E-state index contributed by atoms with van der Waals surface area (Å²) in [5, 5.41) is 8.74. The molecule has 1 N–H and O–H groups in total. The first kappa shape index (κ1) is 16.1. The van der Waals surface area contributed by atoms with E-state index in [4.69, 9.17) is 5.11 Å². The second-order valence-electron chi connectivity index (χ2n) is 3.88. The van der Waals surface area contributed by atoms with E-state index in [0.29, 0.717) is 11.3 Å². The van der Waals surface area contributed by atoms with Gasteiger partial charge in [0.1, 0.15) is 18.9 Å². The van der Waals surface area contributed by atoms with Gasteiger partial charge in [-0.2, -0.15) is 4.31 Å². The molecule has 0 atom stereocenters. The number of aromatic carboxylic acids is 1. The van der Waals surface area contributed by atoms with Crippen molar-refractivity contribution in [2.75, 3.05) is 25.6 Å². The standard InChI is InChI=1S/C9H13NO6S3/c1-10(5-6-18(2,13)14)19(15,16)8-4-3-7(17-8)9(11)12/h3-4H,5-6H2,1-2H3,(H,11,12). The molecular formula is C9H13NO6S3. The zero-order valence-corrected chi connectivity index (χ0v) is 12.7. The molecule has 0 aliphatic heterocycles. The fourth-order valence-corrected chi connectivity index (χ4v) is 4.39. The molecule has 0 spiro atoms. The number of sulfonamides is 1. The largest absolute Gasteiger partial charge is 0.477 e. The topological polar surface area (TPSA) is 109 Å². The minimum Gasteiger partial charge on any atom is -0.477 e. The van der Waals surface area contributed by atoms with Gasteiger partial charge in [0, 0.05) is 19.8 Å². The van der Waals surface area contributed by atoms with Gasteiger partial charge in [-0.3, -0.25) is 0 Å². The highest BCUT2D eigenvalue weighted by molar-refractivity contribution is 7.91. The van der Waals surface area contributed by atoms with Crippen molar-refractivity contribution in [2.24, 2.45) is 0 Å². The zero-order valence-electron chi connectivity index (χ0n) is 10.2. The summed E-state index contributed by atoms with van der Waals surface area (Å²) in [4.78, 5) is 10.6. The third-order valence-corrected chi connectivity index (χ3v) is 6.56. The van der Waals surface area contributed by atoms with Crippen LogP contribution in [0.1, 0.15) is 9.67 Å². The van der Waals surface area contributed by atoms with Gasteiger partial charge in [-0.15, -0.1) is 11.3 Å². The second-order valence-corrected chi connectivity index (χ2v) is 9.50. The Bertz CT molecular complexity index is 673. The Balaban J connectivity index is 2.93. The fourth-order valence-electron chi connectivity index (χ4n) is 1.14. The summed E-state index contributed by atoms with van der Waals surface area (Å²) in [5.41, 5.74) is 0. The fraction of sp³-hybridized carbons (Fsp3) is 0.444. The molecule has 0 aliphatic rings. The Morgan fingerprint density at radius 2 is 1.89 bits per heavy atom. The number of carbonyl (C=O) groups is 1.